The average Bonchev–Trinajstić information content (AvgIpc) is 3.26. The smallest absolute Gasteiger partial charge is 0.238 e. The fraction of sp³-hybridized carbons (Fsp3) is 0.238. The lowest BCUT2D eigenvalue weighted by atomic mass is 10.1. The van der Waals surface area contributed by atoms with E-state index in [1.807, 2.05) is 49.9 Å². The van der Waals surface area contributed by atoms with Crippen LogP contribution in [0.4, 0.5) is 10.8 Å². The molecule has 4 aromatic rings. The van der Waals surface area contributed by atoms with Gasteiger partial charge in [-0.05, 0) is 51.1 Å². The van der Waals surface area contributed by atoms with Crippen molar-refractivity contribution in [2.45, 2.75) is 31.8 Å². The first kappa shape index (κ1) is 21.3. The number of fused-ring (bicyclic) bond motifs is 1. The number of primary sulfonamides is 1. The number of rotatable bonds is 6. The molecule has 0 bridgehead atoms. The Labute approximate surface area is 184 Å². The van der Waals surface area contributed by atoms with E-state index in [0.29, 0.717) is 16.6 Å². The van der Waals surface area contributed by atoms with E-state index in [-0.39, 0.29) is 11.0 Å². The maximum absolute atomic E-state index is 11.8. The van der Waals surface area contributed by atoms with Gasteiger partial charge in [0.15, 0.2) is 5.13 Å². The largest absolute Gasteiger partial charge is 0.489 e. The fourth-order valence-corrected chi connectivity index (χ4v) is 4.46. The topological polar surface area (TPSA) is 112 Å². The molecule has 3 N–H and O–H groups in total. The molecule has 0 spiro atoms. The molecular weight excluding hydrogens is 434 g/mol. The molecule has 31 heavy (non-hydrogen) atoms. The number of nitrogens with zero attached hydrogens (tertiary/aromatic N) is 3. The summed E-state index contributed by atoms with van der Waals surface area (Å²) in [6.45, 7) is 5.77. The summed E-state index contributed by atoms with van der Waals surface area (Å²) < 4.78 is 31.4. The van der Waals surface area contributed by atoms with Gasteiger partial charge in [0.1, 0.15) is 11.6 Å². The van der Waals surface area contributed by atoms with Gasteiger partial charge in [0.05, 0.1) is 33.4 Å². The van der Waals surface area contributed by atoms with Gasteiger partial charge in [-0.1, -0.05) is 6.07 Å². The van der Waals surface area contributed by atoms with Crippen molar-refractivity contribution in [2.24, 2.45) is 12.2 Å². The monoisotopic (exact) mass is 457 g/mol. The summed E-state index contributed by atoms with van der Waals surface area (Å²) in [6.07, 6.45) is -0.0816. The summed E-state index contributed by atoms with van der Waals surface area (Å²) in [5.41, 5.74) is 4.23. The summed E-state index contributed by atoms with van der Waals surface area (Å²) in [6, 6.07) is 10.5. The summed E-state index contributed by atoms with van der Waals surface area (Å²) in [7, 11) is -1.86. The van der Waals surface area contributed by atoms with Crippen molar-refractivity contribution in [1.29, 1.82) is 0 Å². The van der Waals surface area contributed by atoms with E-state index in [2.05, 4.69) is 21.4 Å². The molecule has 2 aromatic heterocycles. The Morgan fingerprint density at radius 2 is 1.94 bits per heavy atom. The van der Waals surface area contributed by atoms with Crippen LogP contribution >= 0.6 is 11.3 Å². The lowest BCUT2D eigenvalue weighted by Gasteiger charge is -2.15. The van der Waals surface area contributed by atoms with Gasteiger partial charge in [-0.2, -0.15) is 0 Å². The van der Waals surface area contributed by atoms with E-state index in [1.54, 1.807) is 6.07 Å². The van der Waals surface area contributed by atoms with E-state index in [1.165, 1.54) is 23.5 Å². The Morgan fingerprint density at radius 1 is 1.16 bits per heavy atom. The molecule has 0 aliphatic carbocycles. The van der Waals surface area contributed by atoms with E-state index in [4.69, 9.17) is 9.88 Å². The second kappa shape index (κ2) is 7.95. The highest BCUT2D eigenvalue weighted by Crippen LogP contribution is 2.34. The number of hydrogen-bond acceptors (Lipinski definition) is 7. The molecule has 0 unspecified atom stereocenters. The molecule has 0 aliphatic heterocycles. The molecule has 0 atom stereocenters. The molecule has 0 radical (unpaired) electrons. The van der Waals surface area contributed by atoms with Gasteiger partial charge in [-0.3, -0.25) is 0 Å². The number of nitrogens with one attached hydrogen (secondary N) is 1. The molecule has 0 saturated heterocycles. The molecule has 2 heterocycles. The predicted octanol–water partition coefficient (Wildman–Crippen LogP) is 4.18. The minimum absolute atomic E-state index is 0.0000788. The van der Waals surface area contributed by atoms with Gasteiger partial charge in [0.25, 0.3) is 0 Å². The molecule has 4 rings (SSSR count). The molecule has 8 nitrogen and oxygen atoms in total. The number of benzene rings is 2. The zero-order valence-electron chi connectivity index (χ0n) is 17.6. The van der Waals surface area contributed by atoms with Crippen LogP contribution < -0.4 is 15.2 Å². The Morgan fingerprint density at radius 3 is 2.65 bits per heavy atom. The van der Waals surface area contributed by atoms with Crippen molar-refractivity contribution in [2.75, 3.05) is 5.32 Å². The average molecular weight is 458 g/mol. The highest BCUT2D eigenvalue weighted by atomic mass is 32.2. The summed E-state index contributed by atoms with van der Waals surface area (Å²) in [4.78, 5) is 9.20. The van der Waals surface area contributed by atoms with Crippen molar-refractivity contribution in [3.05, 3.63) is 47.6 Å². The van der Waals surface area contributed by atoms with Crippen molar-refractivity contribution < 1.29 is 13.2 Å². The number of ether oxygens (including phenoxy) is 1. The van der Waals surface area contributed by atoms with Crippen LogP contribution in [0.2, 0.25) is 0 Å². The summed E-state index contributed by atoms with van der Waals surface area (Å²) in [5, 5.41) is 11.0. The first-order valence-electron chi connectivity index (χ1n) is 9.61. The highest BCUT2D eigenvalue weighted by Gasteiger charge is 2.15. The van der Waals surface area contributed by atoms with Crippen molar-refractivity contribution in [3.63, 3.8) is 0 Å². The van der Waals surface area contributed by atoms with Gasteiger partial charge < -0.3 is 14.6 Å². The number of imidazole rings is 1. The summed E-state index contributed by atoms with van der Waals surface area (Å²) >= 11 is 1.41. The maximum Gasteiger partial charge on any atom is 0.238 e. The van der Waals surface area contributed by atoms with E-state index in [9.17, 15) is 8.42 Å². The minimum atomic E-state index is -3.84. The summed E-state index contributed by atoms with van der Waals surface area (Å²) in [5.74, 6) is 1.46. The number of anilines is 2. The van der Waals surface area contributed by atoms with Crippen LogP contribution in [0.15, 0.2) is 46.7 Å². The zero-order valence-corrected chi connectivity index (χ0v) is 19.2. The Balaban J connectivity index is 1.68. The third kappa shape index (κ3) is 4.41. The molecule has 10 heteroatoms. The Kier molecular flexibility index (Phi) is 5.46. The lowest BCUT2D eigenvalue weighted by Crippen LogP contribution is -2.13. The predicted molar refractivity (Wildman–Crippen MR) is 123 cm³/mol. The zero-order chi connectivity index (χ0) is 22.3. The molecule has 2 aromatic carbocycles. The molecular formula is C21H23N5O3S2. The van der Waals surface area contributed by atoms with Crippen LogP contribution in [0.1, 0.15) is 19.7 Å². The van der Waals surface area contributed by atoms with E-state index >= 15 is 0 Å². The second-order valence-corrected chi connectivity index (χ2v) is 9.87. The van der Waals surface area contributed by atoms with Crippen LogP contribution in [-0.2, 0) is 17.1 Å². The first-order chi connectivity index (χ1) is 14.6. The standard InChI is InChI=1S/C21H23N5O3S2/c1-12(2)29-20-8-6-15(31(22,27)28)10-17(20)24-21-25-18(11-30-21)14-5-7-16-19(9-14)26(4)13(3)23-16/h5-12H,1-4H3,(H,24,25)(H2,22,27,28). The van der Waals surface area contributed by atoms with Gasteiger partial charge in [0, 0.05) is 18.0 Å². The van der Waals surface area contributed by atoms with Crippen LogP contribution in [0.3, 0.4) is 0 Å². The van der Waals surface area contributed by atoms with Gasteiger partial charge in [-0.15, -0.1) is 11.3 Å². The van der Waals surface area contributed by atoms with Crippen molar-refractivity contribution in [1.82, 2.24) is 14.5 Å². The second-order valence-electron chi connectivity index (χ2n) is 7.45. The van der Waals surface area contributed by atoms with Gasteiger partial charge in [0.2, 0.25) is 10.0 Å². The van der Waals surface area contributed by atoms with Crippen LogP contribution in [0, 0.1) is 6.92 Å². The Bertz CT molecular complexity index is 1370. The van der Waals surface area contributed by atoms with E-state index in [0.717, 1.165) is 28.1 Å². The molecule has 0 fully saturated rings. The van der Waals surface area contributed by atoms with E-state index < -0.39 is 10.0 Å². The number of aryl methyl sites for hydroxylation is 2. The number of thiazole rings is 1. The molecule has 0 aliphatic rings. The quantitative estimate of drug-likeness (QED) is 0.449. The highest BCUT2D eigenvalue weighted by molar-refractivity contribution is 7.89. The van der Waals surface area contributed by atoms with Crippen molar-refractivity contribution in [3.8, 4) is 17.0 Å². The Hall–Kier alpha value is -2.95. The fourth-order valence-electron chi connectivity index (χ4n) is 3.19. The normalized spacial score (nSPS) is 11.9. The van der Waals surface area contributed by atoms with Crippen LogP contribution in [-0.4, -0.2) is 29.1 Å². The van der Waals surface area contributed by atoms with Gasteiger partial charge in [-0.25, -0.2) is 23.5 Å². The SMILES string of the molecule is Cc1nc2ccc(-c3csc(Nc4cc(S(N)(=O)=O)ccc4OC(C)C)n3)cc2n1C. The first-order valence-corrected chi connectivity index (χ1v) is 12.0. The lowest BCUT2D eigenvalue weighted by molar-refractivity contribution is 0.243. The number of hydrogen-bond donors (Lipinski definition) is 2. The molecule has 162 valence electrons. The number of sulfonamides is 1. The van der Waals surface area contributed by atoms with Crippen molar-refractivity contribution >= 4 is 43.2 Å². The number of aromatic nitrogens is 3. The van der Waals surface area contributed by atoms with Crippen LogP contribution in [0.5, 0.6) is 5.75 Å². The van der Waals surface area contributed by atoms with Gasteiger partial charge >= 0.3 is 0 Å². The van der Waals surface area contributed by atoms with Crippen LogP contribution in [0.25, 0.3) is 22.3 Å². The minimum Gasteiger partial charge on any atom is -0.489 e. The number of nitrogens with two attached hydrogens (primary N) is 1. The third-order valence-corrected chi connectivity index (χ3v) is 6.46. The third-order valence-electron chi connectivity index (χ3n) is 4.79. The molecule has 0 saturated carbocycles. The molecule has 0 amide bonds. The maximum atomic E-state index is 11.8.